The molecule has 3 aromatic carbocycles. The van der Waals surface area contributed by atoms with Gasteiger partial charge in [-0.2, -0.15) is 5.10 Å². The Morgan fingerprint density at radius 2 is 1.88 bits per heavy atom. The molecule has 0 saturated heterocycles. The number of ether oxygens (including phenoxy) is 2. The van der Waals surface area contributed by atoms with Crippen molar-refractivity contribution in [2.75, 3.05) is 13.2 Å². The summed E-state index contributed by atoms with van der Waals surface area (Å²) in [5.41, 5.74) is 3.60. The fourth-order valence-electron chi connectivity index (χ4n) is 6.28. The number of aliphatic hydroxyl groups is 1. The van der Waals surface area contributed by atoms with Gasteiger partial charge in [-0.3, -0.25) is 14.3 Å². The molecule has 5 aromatic rings. The summed E-state index contributed by atoms with van der Waals surface area (Å²) >= 11 is 6.06. The molecule has 256 valence electrons. The second-order valence-electron chi connectivity index (χ2n) is 13.4. The van der Waals surface area contributed by atoms with Crippen molar-refractivity contribution in [3.63, 3.8) is 0 Å². The molecule has 3 heterocycles. The normalized spacial score (nSPS) is 19.5. The molecule has 2 saturated carbocycles. The minimum Gasteiger partial charge on any atom is -0.489 e. The third kappa shape index (κ3) is 5.52. The number of rotatable bonds is 10. The lowest BCUT2D eigenvalue weighted by atomic mass is 9.80. The molecular formula is C37H32ClF2N5O5. The van der Waals surface area contributed by atoms with E-state index < -0.39 is 34.5 Å². The lowest BCUT2D eigenvalue weighted by Gasteiger charge is -2.30. The van der Waals surface area contributed by atoms with Crippen molar-refractivity contribution in [3.8, 4) is 22.8 Å². The van der Waals surface area contributed by atoms with Crippen molar-refractivity contribution in [2.45, 2.75) is 55.8 Å². The van der Waals surface area contributed by atoms with E-state index in [0.29, 0.717) is 34.5 Å². The van der Waals surface area contributed by atoms with Gasteiger partial charge in [0.25, 0.3) is 5.91 Å². The summed E-state index contributed by atoms with van der Waals surface area (Å²) in [6.07, 6.45) is 5.93. The van der Waals surface area contributed by atoms with Crippen LogP contribution in [0, 0.1) is 11.6 Å². The molecule has 8 rings (SSSR count). The van der Waals surface area contributed by atoms with E-state index in [0.717, 1.165) is 37.1 Å². The number of primary amides is 1. The van der Waals surface area contributed by atoms with Gasteiger partial charge >= 0.3 is 0 Å². The highest BCUT2D eigenvalue weighted by Crippen LogP contribution is 2.47. The molecule has 4 N–H and O–H groups in total. The highest BCUT2D eigenvalue weighted by atomic mass is 35.5. The third-order valence-corrected chi connectivity index (χ3v) is 9.94. The number of carbonyl (C=O) groups excluding carboxylic acids is 2. The molecule has 0 bridgehead atoms. The smallest absolute Gasteiger partial charge is 0.251 e. The van der Waals surface area contributed by atoms with Crippen molar-refractivity contribution in [1.82, 2.24) is 20.1 Å². The first kappa shape index (κ1) is 32.2. The first-order chi connectivity index (χ1) is 23.9. The Bertz CT molecular complexity index is 2210. The van der Waals surface area contributed by atoms with Crippen molar-refractivity contribution in [3.05, 3.63) is 106 Å². The number of amides is 2. The molecule has 2 atom stereocenters. The fourth-order valence-corrected chi connectivity index (χ4v) is 6.45. The number of nitrogens with one attached hydrogen (secondary N) is 1. The second-order valence-corrected chi connectivity index (χ2v) is 13.8. The number of aromatic nitrogens is 3. The molecule has 2 fully saturated rings. The van der Waals surface area contributed by atoms with Crippen LogP contribution in [0.15, 0.2) is 66.9 Å². The summed E-state index contributed by atoms with van der Waals surface area (Å²) in [7, 11) is 0. The molecule has 2 amide bonds. The number of fused-ring (bicyclic) bond motifs is 2. The maximum absolute atomic E-state index is 15.4. The van der Waals surface area contributed by atoms with E-state index in [2.05, 4.69) is 10.3 Å². The zero-order chi connectivity index (χ0) is 34.9. The molecule has 50 heavy (non-hydrogen) atoms. The Morgan fingerprint density at radius 1 is 1.12 bits per heavy atom. The van der Waals surface area contributed by atoms with E-state index in [1.54, 1.807) is 49.4 Å². The Labute approximate surface area is 290 Å². The van der Waals surface area contributed by atoms with Crippen molar-refractivity contribution >= 4 is 34.3 Å². The van der Waals surface area contributed by atoms with Gasteiger partial charge in [0.05, 0.1) is 29.4 Å². The summed E-state index contributed by atoms with van der Waals surface area (Å²) in [5, 5.41) is 20.6. The molecule has 2 aliphatic carbocycles. The van der Waals surface area contributed by atoms with Crippen LogP contribution in [0.1, 0.15) is 65.8 Å². The van der Waals surface area contributed by atoms with Crippen molar-refractivity contribution in [1.29, 1.82) is 0 Å². The van der Waals surface area contributed by atoms with E-state index >= 15 is 4.39 Å². The number of nitrogens with two attached hydrogens (primary N) is 1. The first-order valence-electron chi connectivity index (χ1n) is 16.3. The summed E-state index contributed by atoms with van der Waals surface area (Å²) in [4.78, 5) is 31.3. The van der Waals surface area contributed by atoms with Crippen molar-refractivity contribution < 1.29 is 33.0 Å². The van der Waals surface area contributed by atoms with Crippen LogP contribution >= 0.6 is 11.6 Å². The van der Waals surface area contributed by atoms with E-state index in [-0.39, 0.29) is 52.5 Å². The summed E-state index contributed by atoms with van der Waals surface area (Å²) in [5.74, 6) is -2.63. The Kier molecular flexibility index (Phi) is 7.57. The van der Waals surface area contributed by atoms with Gasteiger partial charge in [0.15, 0.2) is 0 Å². The number of hydrogen-bond acceptors (Lipinski definition) is 7. The molecule has 0 radical (unpaired) electrons. The number of pyridine rings is 1. The number of hydrogen-bond donors (Lipinski definition) is 3. The van der Waals surface area contributed by atoms with Gasteiger partial charge in [-0.25, -0.2) is 13.8 Å². The van der Waals surface area contributed by atoms with Gasteiger partial charge in [0.1, 0.15) is 52.0 Å². The van der Waals surface area contributed by atoms with Gasteiger partial charge < -0.3 is 25.6 Å². The van der Waals surface area contributed by atoms with Crippen LogP contribution in [0.25, 0.3) is 22.2 Å². The number of benzene rings is 3. The molecule has 1 aliphatic heterocycles. The van der Waals surface area contributed by atoms with Gasteiger partial charge in [-0.05, 0) is 62.4 Å². The quantitative estimate of drug-likeness (QED) is 0.159. The van der Waals surface area contributed by atoms with Crippen LogP contribution in [0.4, 0.5) is 8.78 Å². The fraction of sp³-hybridized carbons (Fsp3) is 0.297. The van der Waals surface area contributed by atoms with Crippen LogP contribution in [0.5, 0.6) is 11.5 Å². The zero-order valence-electron chi connectivity index (χ0n) is 26.9. The van der Waals surface area contributed by atoms with E-state index in [1.165, 1.54) is 6.07 Å². The molecule has 13 heteroatoms. The topological polar surface area (TPSA) is 142 Å². The molecule has 0 spiro atoms. The van der Waals surface area contributed by atoms with E-state index in [9.17, 15) is 19.1 Å². The summed E-state index contributed by atoms with van der Waals surface area (Å²) < 4.78 is 43.6. The van der Waals surface area contributed by atoms with E-state index in [4.69, 9.17) is 31.9 Å². The highest BCUT2D eigenvalue weighted by Gasteiger charge is 2.46. The Balaban J connectivity index is 1.22. The minimum absolute atomic E-state index is 0.0410. The molecule has 3 aliphatic rings. The van der Waals surface area contributed by atoms with Crippen LogP contribution in [-0.2, 0) is 15.8 Å². The monoisotopic (exact) mass is 699 g/mol. The predicted molar refractivity (Wildman–Crippen MR) is 180 cm³/mol. The van der Waals surface area contributed by atoms with E-state index in [1.807, 2.05) is 10.9 Å². The van der Waals surface area contributed by atoms with Crippen molar-refractivity contribution in [2.24, 2.45) is 5.73 Å². The lowest BCUT2D eigenvalue weighted by Crippen LogP contribution is -2.43. The summed E-state index contributed by atoms with van der Waals surface area (Å²) in [6.45, 7) is 0.993. The van der Waals surface area contributed by atoms with Gasteiger partial charge in [-0.1, -0.05) is 41.9 Å². The predicted octanol–water partition coefficient (Wildman–Crippen LogP) is 5.71. The van der Waals surface area contributed by atoms with Crippen LogP contribution in [0.2, 0.25) is 5.02 Å². The number of halogens is 3. The molecule has 0 unspecified atom stereocenters. The Morgan fingerprint density at radius 3 is 2.58 bits per heavy atom. The number of carbonyl (C=O) groups is 2. The van der Waals surface area contributed by atoms with Crippen LogP contribution < -0.4 is 20.5 Å². The third-order valence-electron chi connectivity index (χ3n) is 9.65. The zero-order valence-corrected chi connectivity index (χ0v) is 27.6. The van der Waals surface area contributed by atoms with Gasteiger partial charge in [0.2, 0.25) is 5.91 Å². The lowest BCUT2D eigenvalue weighted by molar-refractivity contribution is -0.123. The van der Waals surface area contributed by atoms with Gasteiger partial charge in [0, 0.05) is 34.3 Å². The Hall–Kier alpha value is -5.07. The van der Waals surface area contributed by atoms with Gasteiger partial charge in [-0.15, -0.1) is 0 Å². The molecule has 10 nitrogen and oxygen atoms in total. The highest BCUT2D eigenvalue weighted by molar-refractivity contribution is 6.31. The second kappa shape index (κ2) is 11.8. The SMILES string of the molecule is C[C@]1(C(N)=O)COc2c1cc([C@@](O)(CNC(=O)c1cc(OC3CC3)c3nn(C4CC4)cc3c1)c1ccccc1)nc2-c1cc(Cl)c(F)cc1F. The van der Waals surface area contributed by atoms with Crippen LogP contribution in [0.3, 0.4) is 0 Å². The summed E-state index contributed by atoms with van der Waals surface area (Å²) in [6, 6.07) is 15.4. The van der Waals surface area contributed by atoms with Crippen LogP contribution in [-0.4, -0.2) is 50.9 Å². The average Bonchev–Trinajstić information content (AvgIpc) is 4.05. The first-order valence-corrected chi connectivity index (χ1v) is 16.7. The standard InChI is InChI=1S/C37H32ClF2N5O5/c1-36(35(41)47)18-49-33-25(36)14-30(43-32(33)24-13-26(38)28(40)15-27(24)39)37(48,21-5-3-2-4-6-21)17-42-34(46)19-11-20-16-45(22-7-8-22)44-31(20)29(12-19)50-23-9-10-23/h2-6,11-16,22-23,48H,7-10,17-18H2,1H3,(H2,41,47)(H,42,46)/t36-,37+/m0/s1. The number of nitrogens with zero attached hydrogens (tertiary/aromatic N) is 3. The molecule has 2 aromatic heterocycles. The maximum atomic E-state index is 15.4. The minimum atomic E-state index is -2.03. The largest absolute Gasteiger partial charge is 0.489 e. The molecular weight excluding hydrogens is 668 g/mol. The average molecular weight is 700 g/mol. The maximum Gasteiger partial charge on any atom is 0.251 e.